The maximum Gasteiger partial charge on any atom is 0.332 e. The third kappa shape index (κ3) is 4.55. The number of amides is 1. The summed E-state index contributed by atoms with van der Waals surface area (Å²) in [6.07, 6.45) is 2.67. The van der Waals surface area contributed by atoms with Gasteiger partial charge < -0.3 is 4.90 Å². The molecule has 1 aliphatic rings. The van der Waals surface area contributed by atoms with Crippen LogP contribution in [0.3, 0.4) is 0 Å². The van der Waals surface area contributed by atoms with Crippen LogP contribution in [0.2, 0.25) is 0 Å². The number of fused-ring (bicyclic) bond motifs is 1. The average Bonchev–Trinajstić information content (AvgIpc) is 2.68. The Morgan fingerprint density at radius 2 is 1.79 bits per heavy atom. The van der Waals surface area contributed by atoms with E-state index < -0.39 is 11.2 Å². The standard InChI is InChI=1S/C20H29N5O3S/c1-12(2)10-14-21-17-16(19(27)24(5)20(28)23(17)4)18(22-14)29-11-15(26)25-8-6-13(3)7-9-25/h12-13H,6-11H2,1-5H3. The summed E-state index contributed by atoms with van der Waals surface area (Å²) in [5.41, 5.74) is -0.530. The molecule has 3 heterocycles. The molecule has 1 fully saturated rings. The van der Waals surface area contributed by atoms with Gasteiger partial charge in [0.25, 0.3) is 5.56 Å². The van der Waals surface area contributed by atoms with Crippen molar-refractivity contribution in [3.8, 4) is 0 Å². The highest BCUT2D eigenvalue weighted by Gasteiger charge is 2.22. The third-order valence-electron chi connectivity index (χ3n) is 5.37. The Bertz CT molecular complexity index is 1040. The molecule has 29 heavy (non-hydrogen) atoms. The van der Waals surface area contributed by atoms with E-state index in [9.17, 15) is 14.4 Å². The lowest BCUT2D eigenvalue weighted by Crippen LogP contribution is -2.39. The van der Waals surface area contributed by atoms with Crippen molar-refractivity contribution in [2.45, 2.75) is 45.1 Å². The summed E-state index contributed by atoms with van der Waals surface area (Å²) in [4.78, 5) is 48.8. The molecular weight excluding hydrogens is 390 g/mol. The van der Waals surface area contributed by atoms with Gasteiger partial charge in [-0.25, -0.2) is 14.8 Å². The lowest BCUT2D eigenvalue weighted by atomic mass is 9.99. The minimum Gasteiger partial charge on any atom is -0.342 e. The minimum atomic E-state index is -0.430. The molecule has 0 aliphatic carbocycles. The monoisotopic (exact) mass is 419 g/mol. The molecule has 1 amide bonds. The van der Waals surface area contributed by atoms with Crippen LogP contribution in [0.5, 0.6) is 0 Å². The molecule has 0 spiro atoms. The number of thioether (sulfide) groups is 1. The molecule has 9 heteroatoms. The molecule has 0 atom stereocenters. The van der Waals surface area contributed by atoms with Gasteiger partial charge in [-0.05, 0) is 24.7 Å². The highest BCUT2D eigenvalue weighted by molar-refractivity contribution is 8.00. The summed E-state index contributed by atoms with van der Waals surface area (Å²) >= 11 is 1.26. The van der Waals surface area contributed by atoms with Crippen LogP contribution in [-0.2, 0) is 25.3 Å². The van der Waals surface area contributed by atoms with Crippen molar-refractivity contribution in [3.63, 3.8) is 0 Å². The van der Waals surface area contributed by atoms with E-state index in [1.165, 1.54) is 23.4 Å². The first-order valence-electron chi connectivity index (χ1n) is 10.1. The summed E-state index contributed by atoms with van der Waals surface area (Å²) in [6.45, 7) is 7.88. The number of aromatic nitrogens is 4. The molecule has 0 radical (unpaired) electrons. The molecule has 3 rings (SSSR count). The van der Waals surface area contributed by atoms with Crippen molar-refractivity contribution in [2.75, 3.05) is 18.8 Å². The molecule has 2 aromatic heterocycles. The summed E-state index contributed by atoms with van der Waals surface area (Å²) in [5, 5.41) is 0.771. The fourth-order valence-corrected chi connectivity index (χ4v) is 4.45. The number of rotatable bonds is 5. The summed E-state index contributed by atoms with van der Waals surface area (Å²) in [7, 11) is 3.05. The first kappa shape index (κ1) is 21.5. The van der Waals surface area contributed by atoms with Gasteiger partial charge in [0.2, 0.25) is 5.91 Å². The van der Waals surface area contributed by atoms with Crippen LogP contribution in [0.25, 0.3) is 11.0 Å². The van der Waals surface area contributed by atoms with Crippen LogP contribution in [0.4, 0.5) is 0 Å². The zero-order valence-corrected chi connectivity index (χ0v) is 18.6. The van der Waals surface area contributed by atoms with Gasteiger partial charge in [0.15, 0.2) is 5.65 Å². The zero-order valence-electron chi connectivity index (χ0n) is 17.8. The van der Waals surface area contributed by atoms with Crippen LogP contribution in [-0.4, -0.2) is 48.8 Å². The normalized spacial score (nSPS) is 15.4. The molecule has 2 aromatic rings. The lowest BCUT2D eigenvalue weighted by Gasteiger charge is -2.30. The van der Waals surface area contributed by atoms with Crippen LogP contribution in [0.15, 0.2) is 14.6 Å². The Balaban J connectivity index is 1.97. The van der Waals surface area contributed by atoms with Gasteiger partial charge in [0.05, 0.1) is 5.75 Å². The SMILES string of the molecule is CC(C)Cc1nc(SCC(=O)N2CCC(C)CC2)c2c(=O)n(C)c(=O)n(C)c2n1. The predicted molar refractivity (Wildman–Crippen MR) is 114 cm³/mol. The Kier molecular flexibility index (Phi) is 6.45. The van der Waals surface area contributed by atoms with Crippen molar-refractivity contribution < 1.29 is 4.79 Å². The van der Waals surface area contributed by atoms with Crippen LogP contribution < -0.4 is 11.2 Å². The second-order valence-electron chi connectivity index (χ2n) is 8.30. The number of carbonyl (C=O) groups excluding carboxylic acids is 1. The number of aryl methyl sites for hydroxylation is 1. The molecule has 8 nitrogen and oxygen atoms in total. The molecular formula is C20H29N5O3S. The Labute approximate surface area is 174 Å². The number of nitrogens with zero attached hydrogens (tertiary/aromatic N) is 5. The summed E-state index contributed by atoms with van der Waals surface area (Å²) in [5.74, 6) is 1.83. The number of carbonyl (C=O) groups is 1. The van der Waals surface area contributed by atoms with Crippen molar-refractivity contribution in [1.82, 2.24) is 24.0 Å². The minimum absolute atomic E-state index is 0.0562. The van der Waals surface area contributed by atoms with Gasteiger partial charge in [-0.3, -0.25) is 18.7 Å². The van der Waals surface area contributed by atoms with E-state index in [-0.39, 0.29) is 11.7 Å². The average molecular weight is 420 g/mol. The van der Waals surface area contributed by atoms with Crippen molar-refractivity contribution in [3.05, 3.63) is 26.7 Å². The first-order chi connectivity index (χ1) is 13.7. The summed E-state index contributed by atoms with van der Waals surface area (Å²) in [6, 6.07) is 0. The number of hydrogen-bond donors (Lipinski definition) is 0. The number of hydrogen-bond acceptors (Lipinski definition) is 6. The first-order valence-corrected chi connectivity index (χ1v) is 11.0. The Hall–Kier alpha value is -2.16. The van der Waals surface area contributed by atoms with E-state index in [4.69, 9.17) is 0 Å². The van der Waals surface area contributed by atoms with Gasteiger partial charge in [-0.1, -0.05) is 32.5 Å². The van der Waals surface area contributed by atoms with Gasteiger partial charge in [-0.2, -0.15) is 0 Å². The van der Waals surface area contributed by atoms with E-state index in [0.717, 1.165) is 30.5 Å². The fraction of sp³-hybridized carbons (Fsp3) is 0.650. The number of piperidine rings is 1. The van der Waals surface area contributed by atoms with Gasteiger partial charge >= 0.3 is 5.69 Å². The van der Waals surface area contributed by atoms with Gasteiger partial charge in [0, 0.05) is 33.6 Å². The molecule has 1 saturated heterocycles. The van der Waals surface area contributed by atoms with Crippen molar-refractivity contribution in [1.29, 1.82) is 0 Å². The van der Waals surface area contributed by atoms with Gasteiger partial charge in [-0.15, -0.1) is 0 Å². The van der Waals surface area contributed by atoms with E-state index in [0.29, 0.717) is 40.1 Å². The zero-order chi connectivity index (χ0) is 21.3. The van der Waals surface area contributed by atoms with Gasteiger partial charge in [0.1, 0.15) is 16.2 Å². The van der Waals surface area contributed by atoms with Crippen LogP contribution in [0, 0.1) is 11.8 Å². The quantitative estimate of drug-likeness (QED) is 0.540. The molecule has 0 aromatic carbocycles. The van der Waals surface area contributed by atoms with Crippen molar-refractivity contribution >= 4 is 28.7 Å². The smallest absolute Gasteiger partial charge is 0.332 e. The Morgan fingerprint density at radius 3 is 2.41 bits per heavy atom. The van der Waals surface area contributed by atoms with Crippen LogP contribution >= 0.6 is 11.8 Å². The second kappa shape index (κ2) is 8.69. The molecule has 0 bridgehead atoms. The van der Waals surface area contributed by atoms with E-state index >= 15 is 0 Å². The van der Waals surface area contributed by atoms with Crippen LogP contribution in [0.1, 0.15) is 39.4 Å². The topological polar surface area (TPSA) is 90.1 Å². The highest BCUT2D eigenvalue weighted by atomic mass is 32.2. The second-order valence-corrected chi connectivity index (χ2v) is 9.26. The van der Waals surface area contributed by atoms with E-state index in [1.807, 2.05) is 4.90 Å². The molecule has 0 N–H and O–H groups in total. The third-order valence-corrected chi connectivity index (χ3v) is 6.33. The number of likely N-dealkylation sites (tertiary alicyclic amines) is 1. The van der Waals surface area contributed by atoms with Crippen molar-refractivity contribution in [2.24, 2.45) is 25.9 Å². The molecule has 158 valence electrons. The predicted octanol–water partition coefficient (Wildman–Crippen LogP) is 1.58. The molecule has 1 aliphatic heterocycles. The Morgan fingerprint density at radius 1 is 1.14 bits per heavy atom. The fourth-order valence-electron chi connectivity index (χ4n) is 3.51. The lowest BCUT2D eigenvalue weighted by molar-refractivity contribution is -0.129. The summed E-state index contributed by atoms with van der Waals surface area (Å²) < 4.78 is 2.44. The molecule has 0 unspecified atom stereocenters. The van der Waals surface area contributed by atoms with E-state index in [2.05, 4.69) is 30.7 Å². The molecule has 0 saturated carbocycles. The maximum absolute atomic E-state index is 12.8. The largest absolute Gasteiger partial charge is 0.342 e. The highest BCUT2D eigenvalue weighted by Crippen LogP contribution is 2.24. The maximum atomic E-state index is 12.8. The van der Waals surface area contributed by atoms with E-state index in [1.54, 1.807) is 7.05 Å².